The summed E-state index contributed by atoms with van der Waals surface area (Å²) in [5.74, 6) is -0.441. The molecule has 1 saturated heterocycles. The molecule has 0 aliphatic carbocycles. The first-order valence-corrected chi connectivity index (χ1v) is 11.2. The van der Waals surface area contributed by atoms with Crippen molar-refractivity contribution in [2.75, 3.05) is 31.1 Å². The SMILES string of the molecule is O=C(Cn1nc(Cc2ccncc2)c2ccccc2c1=O)N1CCN(c2ccccc2F)CC1. The van der Waals surface area contributed by atoms with Crippen LogP contribution in [0.1, 0.15) is 11.3 Å². The molecule has 1 amide bonds. The third-order valence-corrected chi connectivity index (χ3v) is 6.18. The number of carbonyl (C=O) groups is 1. The first kappa shape index (κ1) is 21.8. The molecule has 2 aromatic heterocycles. The number of halogens is 1. The van der Waals surface area contributed by atoms with Crippen molar-refractivity contribution in [1.29, 1.82) is 0 Å². The molecule has 3 heterocycles. The number of para-hydroxylation sites is 1. The molecular formula is C26H24FN5O2. The van der Waals surface area contributed by atoms with E-state index in [0.717, 1.165) is 16.6 Å². The minimum Gasteiger partial charge on any atom is -0.366 e. The van der Waals surface area contributed by atoms with Crippen molar-refractivity contribution < 1.29 is 9.18 Å². The quantitative estimate of drug-likeness (QED) is 0.461. The van der Waals surface area contributed by atoms with E-state index in [1.54, 1.807) is 41.6 Å². The Morgan fingerprint density at radius 1 is 0.882 bits per heavy atom. The van der Waals surface area contributed by atoms with Crippen LogP contribution in [-0.4, -0.2) is 51.8 Å². The second kappa shape index (κ2) is 9.43. The van der Waals surface area contributed by atoms with Gasteiger partial charge in [0.05, 0.1) is 16.8 Å². The number of hydrogen-bond donors (Lipinski definition) is 0. The lowest BCUT2D eigenvalue weighted by Gasteiger charge is -2.36. The molecule has 1 aliphatic heterocycles. The summed E-state index contributed by atoms with van der Waals surface area (Å²) in [7, 11) is 0. The van der Waals surface area contributed by atoms with Crippen LogP contribution in [0.3, 0.4) is 0 Å². The number of nitrogens with zero attached hydrogens (tertiary/aromatic N) is 5. The van der Waals surface area contributed by atoms with Gasteiger partial charge in [0, 0.05) is 50.4 Å². The van der Waals surface area contributed by atoms with Crippen LogP contribution >= 0.6 is 0 Å². The van der Waals surface area contributed by atoms with Crippen molar-refractivity contribution in [2.45, 2.75) is 13.0 Å². The standard InChI is InChI=1S/C26H24FN5O2/c27-22-7-3-4-8-24(22)30-13-15-31(16-14-30)25(33)18-32-26(34)21-6-2-1-5-20(21)23(29-32)17-19-9-11-28-12-10-19/h1-12H,13-18H2. The van der Waals surface area contributed by atoms with Gasteiger partial charge in [-0.2, -0.15) is 5.10 Å². The Hall–Kier alpha value is -4.07. The third kappa shape index (κ3) is 4.39. The lowest BCUT2D eigenvalue weighted by Crippen LogP contribution is -2.50. The molecule has 2 aromatic carbocycles. The Kier molecular flexibility index (Phi) is 6.03. The number of pyridine rings is 1. The van der Waals surface area contributed by atoms with Gasteiger partial charge >= 0.3 is 0 Å². The van der Waals surface area contributed by atoms with Crippen LogP contribution in [-0.2, 0) is 17.8 Å². The number of anilines is 1. The van der Waals surface area contributed by atoms with E-state index in [0.29, 0.717) is 43.7 Å². The average Bonchev–Trinajstić information content (AvgIpc) is 2.88. The first-order chi connectivity index (χ1) is 16.6. The summed E-state index contributed by atoms with van der Waals surface area (Å²) in [6.07, 6.45) is 3.97. The Morgan fingerprint density at radius 3 is 2.29 bits per heavy atom. The maximum absolute atomic E-state index is 14.1. The predicted octanol–water partition coefficient (Wildman–Crippen LogP) is 2.87. The fourth-order valence-electron chi connectivity index (χ4n) is 4.37. The third-order valence-electron chi connectivity index (χ3n) is 6.18. The van der Waals surface area contributed by atoms with Crippen LogP contribution in [0.25, 0.3) is 10.8 Å². The second-order valence-electron chi connectivity index (χ2n) is 8.31. The highest BCUT2D eigenvalue weighted by Crippen LogP contribution is 2.20. The second-order valence-corrected chi connectivity index (χ2v) is 8.31. The summed E-state index contributed by atoms with van der Waals surface area (Å²) in [6.45, 7) is 1.84. The predicted molar refractivity (Wildman–Crippen MR) is 128 cm³/mol. The lowest BCUT2D eigenvalue weighted by atomic mass is 10.1. The van der Waals surface area contributed by atoms with Crippen LogP contribution in [0.4, 0.5) is 10.1 Å². The topological polar surface area (TPSA) is 71.3 Å². The zero-order valence-corrected chi connectivity index (χ0v) is 18.6. The van der Waals surface area contributed by atoms with E-state index in [1.807, 2.05) is 35.2 Å². The molecule has 7 nitrogen and oxygen atoms in total. The number of piperazine rings is 1. The van der Waals surface area contributed by atoms with Gasteiger partial charge in [-0.1, -0.05) is 30.3 Å². The number of amides is 1. The van der Waals surface area contributed by atoms with Crippen molar-refractivity contribution >= 4 is 22.4 Å². The fraction of sp³-hybridized carbons (Fsp3) is 0.231. The summed E-state index contributed by atoms with van der Waals surface area (Å²) in [5.41, 5.74) is 2.02. The monoisotopic (exact) mass is 457 g/mol. The summed E-state index contributed by atoms with van der Waals surface area (Å²) >= 11 is 0. The van der Waals surface area contributed by atoms with Gasteiger partial charge in [0.15, 0.2) is 0 Å². The smallest absolute Gasteiger partial charge is 0.275 e. The van der Waals surface area contributed by atoms with Crippen molar-refractivity contribution in [2.24, 2.45) is 0 Å². The maximum atomic E-state index is 14.1. The molecule has 0 spiro atoms. The van der Waals surface area contributed by atoms with Crippen molar-refractivity contribution in [3.63, 3.8) is 0 Å². The largest absolute Gasteiger partial charge is 0.366 e. The van der Waals surface area contributed by atoms with E-state index in [9.17, 15) is 14.0 Å². The van der Waals surface area contributed by atoms with Gasteiger partial charge in [-0.15, -0.1) is 0 Å². The average molecular weight is 458 g/mol. The van der Waals surface area contributed by atoms with Gasteiger partial charge in [0.2, 0.25) is 5.91 Å². The Balaban J connectivity index is 1.35. The number of rotatable bonds is 5. The number of aromatic nitrogens is 3. The molecule has 5 rings (SSSR count). The Labute approximate surface area is 196 Å². The molecule has 8 heteroatoms. The molecular weight excluding hydrogens is 433 g/mol. The molecule has 172 valence electrons. The molecule has 4 aromatic rings. The van der Waals surface area contributed by atoms with Crippen LogP contribution in [0.5, 0.6) is 0 Å². The molecule has 0 unspecified atom stereocenters. The summed E-state index contributed by atoms with van der Waals surface area (Å²) < 4.78 is 15.4. The van der Waals surface area contributed by atoms with Crippen LogP contribution in [0.15, 0.2) is 77.9 Å². The highest BCUT2D eigenvalue weighted by molar-refractivity contribution is 5.84. The summed E-state index contributed by atoms with van der Waals surface area (Å²) in [4.78, 5) is 33.9. The Morgan fingerprint density at radius 2 is 1.56 bits per heavy atom. The molecule has 0 N–H and O–H groups in total. The van der Waals surface area contributed by atoms with Gasteiger partial charge in [0.25, 0.3) is 5.56 Å². The van der Waals surface area contributed by atoms with Gasteiger partial charge in [0.1, 0.15) is 12.4 Å². The van der Waals surface area contributed by atoms with Gasteiger partial charge in [-0.05, 0) is 35.9 Å². The summed E-state index contributed by atoms with van der Waals surface area (Å²) in [6, 6.07) is 17.8. The van der Waals surface area contributed by atoms with Crippen molar-refractivity contribution in [3.8, 4) is 0 Å². The van der Waals surface area contributed by atoms with Gasteiger partial charge < -0.3 is 9.80 Å². The number of hydrogen-bond acceptors (Lipinski definition) is 5. The molecule has 0 atom stereocenters. The van der Waals surface area contributed by atoms with E-state index in [-0.39, 0.29) is 23.8 Å². The minimum absolute atomic E-state index is 0.132. The number of carbonyl (C=O) groups excluding carboxylic acids is 1. The van der Waals surface area contributed by atoms with Crippen molar-refractivity contribution in [1.82, 2.24) is 19.7 Å². The van der Waals surface area contributed by atoms with E-state index >= 15 is 0 Å². The number of fused-ring (bicyclic) bond motifs is 1. The molecule has 1 fully saturated rings. The van der Waals surface area contributed by atoms with Crippen LogP contribution < -0.4 is 10.5 Å². The number of benzene rings is 2. The first-order valence-electron chi connectivity index (χ1n) is 11.2. The van der Waals surface area contributed by atoms with E-state index in [2.05, 4.69) is 10.1 Å². The summed E-state index contributed by atoms with van der Waals surface area (Å²) in [5, 5.41) is 5.91. The molecule has 0 saturated carbocycles. The Bertz CT molecular complexity index is 1380. The molecule has 0 radical (unpaired) electrons. The molecule has 1 aliphatic rings. The normalized spacial score (nSPS) is 13.9. The van der Waals surface area contributed by atoms with Gasteiger partial charge in [-0.3, -0.25) is 14.6 Å². The molecule has 34 heavy (non-hydrogen) atoms. The molecule has 0 bridgehead atoms. The zero-order chi connectivity index (χ0) is 23.5. The highest BCUT2D eigenvalue weighted by Gasteiger charge is 2.24. The lowest BCUT2D eigenvalue weighted by molar-refractivity contribution is -0.132. The maximum Gasteiger partial charge on any atom is 0.275 e. The van der Waals surface area contributed by atoms with Crippen molar-refractivity contribution in [3.05, 3.63) is 100 Å². The van der Waals surface area contributed by atoms with E-state index in [1.165, 1.54) is 10.7 Å². The van der Waals surface area contributed by atoms with E-state index < -0.39 is 0 Å². The van der Waals surface area contributed by atoms with E-state index in [4.69, 9.17) is 0 Å². The van der Waals surface area contributed by atoms with Crippen LogP contribution in [0.2, 0.25) is 0 Å². The van der Waals surface area contributed by atoms with Gasteiger partial charge in [-0.25, -0.2) is 9.07 Å². The van der Waals surface area contributed by atoms with Crippen LogP contribution in [0, 0.1) is 5.82 Å². The zero-order valence-electron chi connectivity index (χ0n) is 18.6. The highest BCUT2D eigenvalue weighted by atomic mass is 19.1. The fourth-order valence-corrected chi connectivity index (χ4v) is 4.37. The minimum atomic E-state index is -0.285.